The van der Waals surface area contributed by atoms with Gasteiger partial charge in [-0.05, 0) is 52.5 Å². The molecule has 0 bridgehead atoms. The Balaban J connectivity index is 1.99. The number of hydrogen-bond donors (Lipinski definition) is 2. The first-order chi connectivity index (χ1) is 9.47. The first-order valence-electron chi connectivity index (χ1n) is 7.45. The average molecular weight is 280 g/mol. The maximum absolute atomic E-state index is 11.4. The van der Waals surface area contributed by atoms with E-state index in [4.69, 9.17) is 4.74 Å². The van der Waals surface area contributed by atoms with Crippen LogP contribution in [-0.4, -0.2) is 31.3 Å². The third-order valence-electron chi connectivity index (χ3n) is 3.00. The van der Waals surface area contributed by atoms with E-state index in [1.54, 1.807) is 0 Å². The first-order valence-corrected chi connectivity index (χ1v) is 7.45. The molecule has 1 aliphatic carbocycles. The Morgan fingerprint density at radius 1 is 1.30 bits per heavy atom. The Morgan fingerprint density at radius 3 is 2.70 bits per heavy atom. The van der Waals surface area contributed by atoms with Crippen LogP contribution in [-0.2, 0) is 4.74 Å². The minimum Gasteiger partial charge on any atom is -0.444 e. The molecule has 1 aliphatic rings. The summed E-state index contributed by atoms with van der Waals surface area (Å²) in [6.07, 6.45) is 11.8. The molecular weight excluding hydrogens is 252 g/mol. The number of carbonyl (C=O) groups excluding carboxylic acids is 1. The van der Waals surface area contributed by atoms with Crippen LogP contribution in [0.25, 0.3) is 0 Å². The SMILES string of the molecule is CC(C)(C)OC(=O)NC/C=C/CNCC1CC=CCC1. The van der Waals surface area contributed by atoms with Crippen molar-refractivity contribution in [3.63, 3.8) is 0 Å². The molecule has 1 atom stereocenters. The summed E-state index contributed by atoms with van der Waals surface area (Å²) in [6.45, 7) is 7.97. The molecule has 0 aromatic carbocycles. The second kappa shape index (κ2) is 8.80. The summed E-state index contributed by atoms with van der Waals surface area (Å²) >= 11 is 0. The van der Waals surface area contributed by atoms with Crippen molar-refractivity contribution < 1.29 is 9.53 Å². The Morgan fingerprint density at radius 2 is 2.05 bits per heavy atom. The van der Waals surface area contributed by atoms with Crippen LogP contribution in [0.15, 0.2) is 24.3 Å². The van der Waals surface area contributed by atoms with E-state index in [1.165, 1.54) is 19.3 Å². The van der Waals surface area contributed by atoms with E-state index >= 15 is 0 Å². The molecular formula is C16H28N2O2. The highest BCUT2D eigenvalue weighted by atomic mass is 16.6. The zero-order valence-corrected chi connectivity index (χ0v) is 12.9. The summed E-state index contributed by atoms with van der Waals surface area (Å²) in [5.74, 6) is 0.772. The van der Waals surface area contributed by atoms with E-state index < -0.39 is 5.60 Å². The van der Waals surface area contributed by atoms with Gasteiger partial charge < -0.3 is 15.4 Å². The lowest BCUT2D eigenvalue weighted by Gasteiger charge is -2.19. The molecule has 0 heterocycles. The molecule has 0 aromatic rings. The average Bonchev–Trinajstić information content (AvgIpc) is 2.37. The summed E-state index contributed by atoms with van der Waals surface area (Å²) in [4.78, 5) is 11.4. The summed E-state index contributed by atoms with van der Waals surface area (Å²) in [7, 11) is 0. The van der Waals surface area contributed by atoms with Gasteiger partial charge in [-0.25, -0.2) is 4.79 Å². The Bertz CT molecular complexity index is 343. The number of ether oxygens (including phenoxy) is 1. The number of rotatable bonds is 6. The molecule has 0 radical (unpaired) electrons. The second-order valence-corrected chi connectivity index (χ2v) is 6.16. The second-order valence-electron chi connectivity index (χ2n) is 6.16. The van der Waals surface area contributed by atoms with E-state index in [0.717, 1.165) is 19.0 Å². The number of allylic oxidation sites excluding steroid dienone is 2. The lowest BCUT2D eigenvalue weighted by Crippen LogP contribution is -2.32. The van der Waals surface area contributed by atoms with Gasteiger partial charge in [0.2, 0.25) is 0 Å². The van der Waals surface area contributed by atoms with Crippen LogP contribution in [0.4, 0.5) is 4.79 Å². The highest BCUT2D eigenvalue weighted by Crippen LogP contribution is 2.16. The lowest BCUT2D eigenvalue weighted by molar-refractivity contribution is 0.0534. The van der Waals surface area contributed by atoms with Crippen molar-refractivity contribution in [3.8, 4) is 0 Å². The van der Waals surface area contributed by atoms with Crippen LogP contribution in [0.5, 0.6) is 0 Å². The molecule has 0 fully saturated rings. The normalized spacial score (nSPS) is 19.2. The van der Waals surface area contributed by atoms with Crippen LogP contribution >= 0.6 is 0 Å². The van der Waals surface area contributed by atoms with Crippen LogP contribution in [0.2, 0.25) is 0 Å². The number of amides is 1. The molecule has 20 heavy (non-hydrogen) atoms. The van der Waals surface area contributed by atoms with Crippen LogP contribution in [0.3, 0.4) is 0 Å². The van der Waals surface area contributed by atoms with E-state index in [1.807, 2.05) is 32.9 Å². The molecule has 0 saturated heterocycles. The van der Waals surface area contributed by atoms with Gasteiger partial charge >= 0.3 is 6.09 Å². The number of nitrogens with one attached hydrogen (secondary N) is 2. The summed E-state index contributed by atoms with van der Waals surface area (Å²) in [5.41, 5.74) is -0.441. The monoisotopic (exact) mass is 280 g/mol. The molecule has 0 aliphatic heterocycles. The molecule has 0 aromatic heterocycles. The van der Waals surface area contributed by atoms with Gasteiger partial charge in [0.05, 0.1) is 0 Å². The van der Waals surface area contributed by atoms with Crippen LogP contribution in [0.1, 0.15) is 40.0 Å². The molecule has 0 saturated carbocycles. The van der Waals surface area contributed by atoms with Gasteiger partial charge in [-0.15, -0.1) is 0 Å². The van der Waals surface area contributed by atoms with Crippen molar-refractivity contribution in [3.05, 3.63) is 24.3 Å². The topological polar surface area (TPSA) is 50.4 Å². The van der Waals surface area contributed by atoms with Crippen LogP contribution in [0, 0.1) is 5.92 Å². The van der Waals surface area contributed by atoms with Gasteiger partial charge in [0.25, 0.3) is 0 Å². The molecule has 4 heteroatoms. The lowest BCUT2D eigenvalue weighted by atomic mass is 9.94. The molecule has 1 unspecified atom stereocenters. The van der Waals surface area contributed by atoms with Crippen LogP contribution < -0.4 is 10.6 Å². The van der Waals surface area contributed by atoms with Gasteiger partial charge in [0.15, 0.2) is 0 Å². The van der Waals surface area contributed by atoms with Gasteiger partial charge in [-0.2, -0.15) is 0 Å². The van der Waals surface area contributed by atoms with E-state index in [2.05, 4.69) is 22.8 Å². The van der Waals surface area contributed by atoms with E-state index in [9.17, 15) is 4.79 Å². The Labute approximate surface area is 122 Å². The predicted octanol–water partition coefficient (Wildman–Crippen LogP) is 3.01. The number of hydrogen-bond acceptors (Lipinski definition) is 3. The van der Waals surface area contributed by atoms with Crippen molar-refractivity contribution in [2.24, 2.45) is 5.92 Å². The largest absolute Gasteiger partial charge is 0.444 e. The zero-order valence-electron chi connectivity index (χ0n) is 12.9. The smallest absolute Gasteiger partial charge is 0.407 e. The van der Waals surface area contributed by atoms with Gasteiger partial charge in [0.1, 0.15) is 5.60 Å². The van der Waals surface area contributed by atoms with Crippen molar-refractivity contribution in [1.82, 2.24) is 10.6 Å². The third-order valence-corrected chi connectivity index (χ3v) is 3.00. The van der Waals surface area contributed by atoms with Gasteiger partial charge in [-0.1, -0.05) is 24.3 Å². The molecule has 1 amide bonds. The fourth-order valence-electron chi connectivity index (χ4n) is 2.04. The summed E-state index contributed by atoms with van der Waals surface area (Å²) < 4.78 is 5.14. The highest BCUT2D eigenvalue weighted by Gasteiger charge is 2.14. The quantitative estimate of drug-likeness (QED) is 0.581. The maximum atomic E-state index is 11.4. The minimum absolute atomic E-state index is 0.371. The van der Waals surface area contributed by atoms with E-state index in [0.29, 0.717) is 6.54 Å². The standard InChI is InChI=1S/C16H28N2O2/c1-16(2,3)20-15(19)18-12-8-7-11-17-13-14-9-5-4-6-10-14/h4-5,7-8,14,17H,6,9-13H2,1-3H3,(H,18,19)/b8-7+. The Hall–Kier alpha value is -1.29. The first kappa shape index (κ1) is 16.8. The molecule has 1 rings (SSSR count). The van der Waals surface area contributed by atoms with E-state index in [-0.39, 0.29) is 6.09 Å². The predicted molar refractivity (Wildman–Crippen MR) is 82.7 cm³/mol. The van der Waals surface area contributed by atoms with Crippen molar-refractivity contribution in [2.75, 3.05) is 19.6 Å². The molecule has 2 N–H and O–H groups in total. The van der Waals surface area contributed by atoms with Gasteiger partial charge in [0, 0.05) is 13.1 Å². The fourth-order valence-corrected chi connectivity index (χ4v) is 2.04. The molecule has 114 valence electrons. The molecule has 4 nitrogen and oxygen atoms in total. The summed E-state index contributed by atoms with van der Waals surface area (Å²) in [5, 5.41) is 6.11. The third kappa shape index (κ3) is 8.75. The van der Waals surface area contributed by atoms with Gasteiger partial charge in [-0.3, -0.25) is 0 Å². The fraction of sp³-hybridized carbons (Fsp3) is 0.688. The highest BCUT2D eigenvalue weighted by molar-refractivity contribution is 5.67. The van der Waals surface area contributed by atoms with Crippen molar-refractivity contribution in [2.45, 2.75) is 45.6 Å². The van der Waals surface area contributed by atoms with Crippen molar-refractivity contribution in [1.29, 1.82) is 0 Å². The maximum Gasteiger partial charge on any atom is 0.407 e. The number of alkyl carbamates (subject to hydrolysis) is 1. The Kier molecular flexibility index (Phi) is 7.37. The minimum atomic E-state index is -0.441. The zero-order chi connectivity index (χ0) is 14.8. The molecule has 0 spiro atoms. The summed E-state index contributed by atoms with van der Waals surface area (Å²) in [6, 6.07) is 0. The number of carbonyl (C=O) groups is 1. The van der Waals surface area contributed by atoms with Crippen molar-refractivity contribution >= 4 is 6.09 Å².